The number of carbonyl (C=O) groups is 1. The zero-order valence-electron chi connectivity index (χ0n) is 10.4. The Kier molecular flexibility index (Phi) is 4.82. The van der Waals surface area contributed by atoms with Gasteiger partial charge in [-0.05, 0) is 31.9 Å². The van der Waals surface area contributed by atoms with Crippen molar-refractivity contribution in [2.75, 3.05) is 0 Å². The number of hydrogen-bond acceptors (Lipinski definition) is 2. The summed E-state index contributed by atoms with van der Waals surface area (Å²) in [6.45, 7) is 5.93. The van der Waals surface area contributed by atoms with Crippen molar-refractivity contribution >= 4 is 17.7 Å². The minimum absolute atomic E-state index is 0.415. The molecule has 1 amide bonds. The van der Waals surface area contributed by atoms with Crippen LogP contribution >= 0.6 is 11.6 Å². The fourth-order valence-corrected chi connectivity index (χ4v) is 1.60. The topological polar surface area (TPSA) is 38.3 Å². The summed E-state index contributed by atoms with van der Waals surface area (Å²) in [5.74, 6) is 0.437. The molecule has 0 saturated heterocycles. The Morgan fingerprint density at radius 2 is 1.88 bits per heavy atom. The number of alkyl carbamates (subject to hydrolysis) is 1. The lowest BCUT2D eigenvalue weighted by Crippen LogP contribution is -2.32. The molecule has 1 rings (SSSR count). The van der Waals surface area contributed by atoms with E-state index in [2.05, 4.69) is 5.32 Å². The Labute approximate surface area is 107 Å². The van der Waals surface area contributed by atoms with Crippen LogP contribution < -0.4 is 5.32 Å². The van der Waals surface area contributed by atoms with Gasteiger partial charge in [0, 0.05) is 12.4 Å². The molecule has 0 aliphatic rings. The maximum atomic E-state index is 11.5. The van der Waals surface area contributed by atoms with Crippen molar-refractivity contribution in [3.8, 4) is 0 Å². The third-order valence-corrected chi connectivity index (χ3v) is 2.37. The molecule has 4 heteroatoms. The molecule has 0 fully saturated rings. The summed E-state index contributed by atoms with van der Waals surface area (Å²) in [5, 5.41) is 2.71. The Bertz CT molecular complexity index is 385. The van der Waals surface area contributed by atoms with Crippen molar-refractivity contribution < 1.29 is 9.53 Å². The van der Waals surface area contributed by atoms with E-state index in [9.17, 15) is 4.79 Å². The fourth-order valence-electron chi connectivity index (χ4n) is 1.34. The maximum absolute atomic E-state index is 11.5. The van der Waals surface area contributed by atoms with E-state index in [1.807, 2.05) is 45.0 Å². The number of hydrogen-bond donors (Lipinski definition) is 1. The van der Waals surface area contributed by atoms with Crippen LogP contribution in [0.1, 0.15) is 31.9 Å². The molecule has 0 atom stereocenters. The molecule has 1 N–H and O–H groups in total. The number of halogens is 1. The van der Waals surface area contributed by atoms with Gasteiger partial charge in [-0.3, -0.25) is 0 Å². The van der Waals surface area contributed by atoms with Crippen molar-refractivity contribution in [2.45, 2.75) is 38.8 Å². The molecule has 0 aliphatic carbocycles. The maximum Gasteiger partial charge on any atom is 0.407 e. The normalized spacial score (nSPS) is 11.1. The van der Waals surface area contributed by atoms with Crippen molar-refractivity contribution in [3.63, 3.8) is 0 Å². The van der Waals surface area contributed by atoms with Gasteiger partial charge in [0.1, 0.15) is 5.60 Å². The molecule has 0 radical (unpaired) electrons. The predicted molar refractivity (Wildman–Crippen MR) is 69.1 cm³/mol. The smallest absolute Gasteiger partial charge is 0.407 e. The van der Waals surface area contributed by atoms with Gasteiger partial charge >= 0.3 is 6.09 Å². The SMILES string of the molecule is CC(C)(C)OC(=O)NCc1ccccc1CCl. The fraction of sp³-hybridized carbons (Fsp3) is 0.462. The van der Waals surface area contributed by atoms with Crippen LogP contribution in [0.2, 0.25) is 0 Å². The van der Waals surface area contributed by atoms with E-state index >= 15 is 0 Å². The lowest BCUT2D eigenvalue weighted by Gasteiger charge is -2.20. The van der Waals surface area contributed by atoms with Crippen molar-refractivity contribution in [3.05, 3.63) is 35.4 Å². The van der Waals surface area contributed by atoms with E-state index in [0.717, 1.165) is 11.1 Å². The summed E-state index contributed by atoms with van der Waals surface area (Å²) in [6, 6.07) is 7.73. The van der Waals surface area contributed by atoms with Gasteiger partial charge in [-0.15, -0.1) is 11.6 Å². The van der Waals surface area contributed by atoms with Crippen LogP contribution in [0.4, 0.5) is 4.79 Å². The summed E-state index contributed by atoms with van der Waals surface area (Å²) in [4.78, 5) is 11.5. The molecule has 0 aliphatic heterocycles. The van der Waals surface area contributed by atoms with Gasteiger partial charge < -0.3 is 10.1 Å². The lowest BCUT2D eigenvalue weighted by atomic mass is 10.1. The Hall–Kier alpha value is -1.22. The Morgan fingerprint density at radius 1 is 1.29 bits per heavy atom. The zero-order chi connectivity index (χ0) is 12.9. The van der Waals surface area contributed by atoms with Crippen molar-refractivity contribution in [1.82, 2.24) is 5.32 Å². The highest BCUT2D eigenvalue weighted by atomic mass is 35.5. The average Bonchev–Trinajstić information content (AvgIpc) is 2.24. The summed E-state index contributed by atoms with van der Waals surface area (Å²) < 4.78 is 5.15. The molecule has 0 bridgehead atoms. The Balaban J connectivity index is 2.53. The molecule has 94 valence electrons. The highest BCUT2D eigenvalue weighted by Crippen LogP contribution is 2.12. The summed E-state index contributed by atoms with van der Waals surface area (Å²) in [7, 11) is 0. The number of benzene rings is 1. The molecule has 1 aromatic rings. The lowest BCUT2D eigenvalue weighted by molar-refractivity contribution is 0.0523. The predicted octanol–water partition coefficient (Wildman–Crippen LogP) is 3.45. The molecule has 3 nitrogen and oxygen atoms in total. The molecule has 0 heterocycles. The minimum Gasteiger partial charge on any atom is -0.444 e. The number of nitrogens with one attached hydrogen (secondary N) is 1. The highest BCUT2D eigenvalue weighted by Gasteiger charge is 2.15. The van der Waals surface area contributed by atoms with Gasteiger partial charge in [0.15, 0.2) is 0 Å². The number of alkyl halides is 1. The third kappa shape index (κ3) is 5.09. The van der Waals surface area contributed by atoms with Crippen LogP contribution in [0, 0.1) is 0 Å². The van der Waals surface area contributed by atoms with Gasteiger partial charge in [-0.1, -0.05) is 24.3 Å². The summed E-state index contributed by atoms with van der Waals surface area (Å²) in [5.41, 5.74) is 1.55. The van der Waals surface area contributed by atoms with Gasteiger partial charge in [0.25, 0.3) is 0 Å². The highest BCUT2D eigenvalue weighted by molar-refractivity contribution is 6.17. The van der Waals surface area contributed by atoms with Crippen molar-refractivity contribution in [2.24, 2.45) is 0 Å². The molecular formula is C13H18ClNO2. The standard InChI is InChI=1S/C13H18ClNO2/c1-13(2,3)17-12(16)15-9-11-7-5-4-6-10(11)8-14/h4-7H,8-9H2,1-3H3,(H,15,16). The molecule has 0 saturated carbocycles. The number of carbonyl (C=O) groups excluding carboxylic acids is 1. The molecule has 1 aromatic carbocycles. The van der Waals surface area contributed by atoms with Gasteiger partial charge in [0.2, 0.25) is 0 Å². The first-order chi connectivity index (χ1) is 7.92. The largest absolute Gasteiger partial charge is 0.444 e. The van der Waals surface area contributed by atoms with Crippen LogP contribution in [0.3, 0.4) is 0 Å². The van der Waals surface area contributed by atoms with E-state index in [0.29, 0.717) is 12.4 Å². The third-order valence-electron chi connectivity index (χ3n) is 2.08. The van der Waals surface area contributed by atoms with E-state index in [-0.39, 0.29) is 0 Å². The van der Waals surface area contributed by atoms with E-state index in [4.69, 9.17) is 16.3 Å². The quantitative estimate of drug-likeness (QED) is 0.840. The number of rotatable bonds is 3. The summed E-state index contributed by atoms with van der Waals surface area (Å²) >= 11 is 5.81. The van der Waals surface area contributed by atoms with Crippen LogP contribution in [0.15, 0.2) is 24.3 Å². The summed E-state index contributed by atoms with van der Waals surface area (Å²) in [6.07, 6.45) is -0.415. The van der Waals surface area contributed by atoms with E-state index in [1.165, 1.54) is 0 Å². The second-order valence-electron chi connectivity index (χ2n) is 4.76. The van der Waals surface area contributed by atoms with Crippen LogP contribution in [-0.4, -0.2) is 11.7 Å². The van der Waals surface area contributed by atoms with Crippen LogP contribution in [0.25, 0.3) is 0 Å². The first kappa shape index (κ1) is 13.8. The Morgan fingerprint density at radius 3 is 2.41 bits per heavy atom. The van der Waals surface area contributed by atoms with Gasteiger partial charge in [-0.25, -0.2) is 4.79 Å². The molecular weight excluding hydrogens is 238 g/mol. The van der Waals surface area contributed by atoms with Crippen molar-refractivity contribution in [1.29, 1.82) is 0 Å². The van der Waals surface area contributed by atoms with E-state index in [1.54, 1.807) is 0 Å². The monoisotopic (exact) mass is 255 g/mol. The number of amides is 1. The first-order valence-corrected chi connectivity index (χ1v) is 6.05. The molecule has 0 unspecified atom stereocenters. The van der Waals surface area contributed by atoms with E-state index < -0.39 is 11.7 Å². The van der Waals surface area contributed by atoms with Gasteiger partial charge in [-0.2, -0.15) is 0 Å². The van der Waals surface area contributed by atoms with Crippen LogP contribution in [0.5, 0.6) is 0 Å². The minimum atomic E-state index is -0.476. The second kappa shape index (κ2) is 5.92. The molecule has 17 heavy (non-hydrogen) atoms. The first-order valence-electron chi connectivity index (χ1n) is 5.52. The second-order valence-corrected chi connectivity index (χ2v) is 5.03. The average molecular weight is 256 g/mol. The molecule has 0 spiro atoms. The number of ether oxygens (including phenoxy) is 1. The van der Waals surface area contributed by atoms with Gasteiger partial charge in [0.05, 0.1) is 0 Å². The zero-order valence-corrected chi connectivity index (χ0v) is 11.2. The van der Waals surface area contributed by atoms with Crippen LogP contribution in [-0.2, 0) is 17.2 Å². The molecule has 0 aromatic heterocycles.